The minimum absolute atomic E-state index is 0.195. The molecule has 0 aliphatic carbocycles. The second kappa shape index (κ2) is 7.41. The molecule has 1 aromatic carbocycles. The molecule has 0 aromatic heterocycles. The van der Waals surface area contributed by atoms with Crippen molar-refractivity contribution in [3.05, 3.63) is 28.0 Å². The maximum Gasteiger partial charge on any atom is 0.139 e. The van der Waals surface area contributed by atoms with E-state index < -0.39 is 0 Å². The Balaban J connectivity index is 1.98. The summed E-state index contributed by atoms with van der Waals surface area (Å²) in [7, 11) is 0. The molecule has 1 heterocycles. The van der Waals surface area contributed by atoms with Crippen molar-refractivity contribution in [3.63, 3.8) is 0 Å². The standard InChI is InChI=1S/C16H24BrFN2/c1-3-7-20-8-4-5-13(6-9-20)19-16-11-15(18)14(17)10-12(16)2/h10-11,13,19H,3-9H2,1-2H3. The van der Waals surface area contributed by atoms with Gasteiger partial charge in [-0.05, 0) is 79.3 Å². The highest BCUT2D eigenvalue weighted by Crippen LogP contribution is 2.26. The minimum Gasteiger partial charge on any atom is -0.382 e. The lowest BCUT2D eigenvalue weighted by atomic mass is 10.1. The van der Waals surface area contributed by atoms with E-state index in [4.69, 9.17) is 0 Å². The molecule has 4 heteroatoms. The van der Waals surface area contributed by atoms with Crippen LogP contribution in [0.15, 0.2) is 16.6 Å². The first-order valence-corrected chi connectivity index (χ1v) is 8.34. The number of likely N-dealkylation sites (tertiary alicyclic amines) is 1. The number of hydrogen-bond donors (Lipinski definition) is 1. The van der Waals surface area contributed by atoms with Crippen LogP contribution in [0.25, 0.3) is 0 Å². The van der Waals surface area contributed by atoms with Gasteiger partial charge in [0.25, 0.3) is 0 Å². The summed E-state index contributed by atoms with van der Waals surface area (Å²) in [6.07, 6.45) is 4.74. The molecule has 1 aliphatic rings. The summed E-state index contributed by atoms with van der Waals surface area (Å²) < 4.78 is 14.2. The van der Waals surface area contributed by atoms with Gasteiger partial charge in [0.2, 0.25) is 0 Å². The number of nitrogens with one attached hydrogen (secondary N) is 1. The van der Waals surface area contributed by atoms with Crippen molar-refractivity contribution >= 4 is 21.6 Å². The molecule has 0 bridgehead atoms. The number of rotatable bonds is 4. The predicted molar refractivity (Wildman–Crippen MR) is 86.8 cm³/mol. The summed E-state index contributed by atoms with van der Waals surface area (Å²) in [5.74, 6) is -0.195. The van der Waals surface area contributed by atoms with Gasteiger partial charge >= 0.3 is 0 Å². The highest BCUT2D eigenvalue weighted by Gasteiger charge is 2.17. The summed E-state index contributed by atoms with van der Waals surface area (Å²) in [6.45, 7) is 7.78. The van der Waals surface area contributed by atoms with Gasteiger partial charge in [-0.15, -0.1) is 0 Å². The summed E-state index contributed by atoms with van der Waals surface area (Å²) in [5.41, 5.74) is 2.02. The Kier molecular flexibility index (Phi) is 5.85. The van der Waals surface area contributed by atoms with E-state index in [1.54, 1.807) is 6.07 Å². The lowest BCUT2D eigenvalue weighted by Gasteiger charge is -2.21. The molecule has 1 saturated heterocycles. The van der Waals surface area contributed by atoms with Gasteiger partial charge < -0.3 is 10.2 Å². The number of anilines is 1. The van der Waals surface area contributed by atoms with Crippen LogP contribution in [-0.2, 0) is 0 Å². The Bertz CT molecular complexity index is 450. The van der Waals surface area contributed by atoms with E-state index in [-0.39, 0.29) is 5.82 Å². The zero-order valence-electron chi connectivity index (χ0n) is 12.4. The third-order valence-electron chi connectivity index (χ3n) is 3.99. The van der Waals surface area contributed by atoms with E-state index in [1.807, 2.05) is 13.0 Å². The molecular formula is C16H24BrFN2. The molecular weight excluding hydrogens is 319 g/mol. The zero-order chi connectivity index (χ0) is 14.5. The second-order valence-electron chi connectivity index (χ2n) is 5.70. The van der Waals surface area contributed by atoms with Gasteiger partial charge in [-0.2, -0.15) is 0 Å². The first-order chi connectivity index (χ1) is 9.60. The van der Waals surface area contributed by atoms with Crippen LogP contribution < -0.4 is 5.32 Å². The highest BCUT2D eigenvalue weighted by atomic mass is 79.9. The molecule has 0 spiro atoms. The minimum atomic E-state index is -0.195. The van der Waals surface area contributed by atoms with E-state index in [1.165, 1.54) is 25.9 Å². The Morgan fingerprint density at radius 1 is 1.35 bits per heavy atom. The summed E-state index contributed by atoms with van der Waals surface area (Å²) in [4.78, 5) is 2.54. The molecule has 2 rings (SSSR count). The molecule has 1 aliphatic heterocycles. The molecule has 1 aromatic rings. The van der Waals surface area contributed by atoms with Crippen molar-refractivity contribution < 1.29 is 4.39 Å². The van der Waals surface area contributed by atoms with Crippen molar-refractivity contribution in [1.29, 1.82) is 0 Å². The van der Waals surface area contributed by atoms with Crippen LogP contribution in [0.5, 0.6) is 0 Å². The number of nitrogens with zero attached hydrogens (tertiary/aromatic N) is 1. The first-order valence-electron chi connectivity index (χ1n) is 7.54. The number of aryl methyl sites for hydroxylation is 1. The van der Waals surface area contributed by atoms with Crippen LogP contribution in [0.1, 0.15) is 38.2 Å². The predicted octanol–water partition coefficient (Wildman–Crippen LogP) is 4.57. The van der Waals surface area contributed by atoms with E-state index in [0.29, 0.717) is 10.5 Å². The van der Waals surface area contributed by atoms with Crippen molar-refractivity contribution in [2.24, 2.45) is 0 Å². The summed E-state index contributed by atoms with van der Waals surface area (Å²) in [6, 6.07) is 3.91. The lowest BCUT2D eigenvalue weighted by molar-refractivity contribution is 0.285. The molecule has 112 valence electrons. The Hall–Kier alpha value is -0.610. The van der Waals surface area contributed by atoms with E-state index in [0.717, 1.165) is 30.6 Å². The van der Waals surface area contributed by atoms with Gasteiger partial charge in [-0.3, -0.25) is 0 Å². The molecule has 0 radical (unpaired) electrons. The Morgan fingerprint density at radius 3 is 2.90 bits per heavy atom. The van der Waals surface area contributed by atoms with Crippen LogP contribution in [0, 0.1) is 12.7 Å². The molecule has 1 unspecified atom stereocenters. The number of halogens is 2. The second-order valence-corrected chi connectivity index (χ2v) is 6.55. The van der Waals surface area contributed by atoms with Gasteiger partial charge in [0.1, 0.15) is 5.82 Å². The smallest absolute Gasteiger partial charge is 0.139 e. The average Bonchev–Trinajstić information content (AvgIpc) is 2.62. The van der Waals surface area contributed by atoms with Gasteiger partial charge in [0.15, 0.2) is 0 Å². The van der Waals surface area contributed by atoms with Crippen molar-refractivity contribution in [3.8, 4) is 0 Å². The van der Waals surface area contributed by atoms with Gasteiger partial charge in [-0.25, -0.2) is 4.39 Å². The van der Waals surface area contributed by atoms with E-state index in [2.05, 4.69) is 33.1 Å². The summed E-state index contributed by atoms with van der Waals surface area (Å²) >= 11 is 3.23. The first kappa shape index (κ1) is 15.8. The molecule has 1 N–H and O–H groups in total. The third-order valence-corrected chi connectivity index (χ3v) is 4.60. The lowest BCUT2D eigenvalue weighted by Crippen LogP contribution is -2.27. The van der Waals surface area contributed by atoms with Crippen LogP contribution in [-0.4, -0.2) is 30.6 Å². The molecule has 0 saturated carbocycles. The number of hydrogen-bond acceptors (Lipinski definition) is 2. The SMILES string of the molecule is CCCN1CCCC(Nc2cc(F)c(Br)cc2C)CC1. The fourth-order valence-corrected chi connectivity index (χ4v) is 3.32. The Labute approximate surface area is 129 Å². The quantitative estimate of drug-likeness (QED) is 0.861. The van der Waals surface area contributed by atoms with Crippen LogP contribution >= 0.6 is 15.9 Å². The third kappa shape index (κ3) is 4.19. The maximum atomic E-state index is 13.7. The largest absolute Gasteiger partial charge is 0.382 e. The fraction of sp³-hybridized carbons (Fsp3) is 0.625. The van der Waals surface area contributed by atoms with Crippen molar-refractivity contribution in [2.75, 3.05) is 25.0 Å². The molecule has 1 fully saturated rings. The topological polar surface area (TPSA) is 15.3 Å². The fourth-order valence-electron chi connectivity index (χ4n) is 2.86. The van der Waals surface area contributed by atoms with Crippen molar-refractivity contribution in [2.45, 2.75) is 45.6 Å². The van der Waals surface area contributed by atoms with Gasteiger partial charge in [0, 0.05) is 18.3 Å². The Morgan fingerprint density at radius 2 is 2.15 bits per heavy atom. The van der Waals surface area contributed by atoms with Crippen LogP contribution in [0.3, 0.4) is 0 Å². The van der Waals surface area contributed by atoms with Gasteiger partial charge in [0.05, 0.1) is 4.47 Å². The average molecular weight is 343 g/mol. The molecule has 20 heavy (non-hydrogen) atoms. The molecule has 2 nitrogen and oxygen atoms in total. The summed E-state index contributed by atoms with van der Waals surface area (Å²) in [5, 5.41) is 3.53. The van der Waals surface area contributed by atoms with E-state index >= 15 is 0 Å². The van der Waals surface area contributed by atoms with Crippen molar-refractivity contribution in [1.82, 2.24) is 4.90 Å². The van der Waals surface area contributed by atoms with Crippen LogP contribution in [0.2, 0.25) is 0 Å². The monoisotopic (exact) mass is 342 g/mol. The van der Waals surface area contributed by atoms with E-state index in [9.17, 15) is 4.39 Å². The molecule has 1 atom stereocenters. The highest BCUT2D eigenvalue weighted by molar-refractivity contribution is 9.10. The maximum absolute atomic E-state index is 13.7. The van der Waals surface area contributed by atoms with Crippen LogP contribution in [0.4, 0.5) is 10.1 Å². The van der Waals surface area contributed by atoms with Gasteiger partial charge in [-0.1, -0.05) is 6.92 Å². The normalized spacial score (nSPS) is 20.7. The molecule has 0 amide bonds. The number of benzene rings is 1. The zero-order valence-corrected chi connectivity index (χ0v) is 14.0.